The quantitative estimate of drug-likeness (QED) is 0.697. The van der Waals surface area contributed by atoms with Crippen molar-refractivity contribution < 1.29 is 9.94 Å². The molecule has 0 spiro atoms. The Kier molecular flexibility index (Phi) is 3.89. The molecule has 0 bridgehead atoms. The predicted molar refractivity (Wildman–Crippen MR) is 50.5 cm³/mol. The summed E-state index contributed by atoms with van der Waals surface area (Å²) >= 11 is 0. The third-order valence-corrected chi connectivity index (χ3v) is 2.09. The molecule has 3 heteroatoms. The van der Waals surface area contributed by atoms with Gasteiger partial charge in [0.15, 0.2) is 0 Å². The number of hydrogen-bond donors (Lipinski definition) is 2. The van der Waals surface area contributed by atoms with Crippen LogP contribution in [0.3, 0.4) is 0 Å². The zero-order chi connectivity index (χ0) is 9.68. The van der Waals surface area contributed by atoms with Crippen molar-refractivity contribution in [3.05, 3.63) is 35.4 Å². The van der Waals surface area contributed by atoms with Gasteiger partial charge in [0, 0.05) is 13.7 Å². The van der Waals surface area contributed by atoms with Gasteiger partial charge in [0.1, 0.15) is 0 Å². The van der Waals surface area contributed by atoms with Crippen LogP contribution in [0, 0.1) is 0 Å². The molecule has 1 atom stereocenters. The second-order valence-corrected chi connectivity index (χ2v) is 2.95. The van der Waals surface area contributed by atoms with Crippen LogP contribution in [-0.4, -0.2) is 12.3 Å². The largest absolute Gasteiger partial charge is 0.377 e. The summed E-state index contributed by atoms with van der Waals surface area (Å²) in [6.07, 6.45) is 0.121. The zero-order valence-corrected chi connectivity index (χ0v) is 7.95. The first-order valence-corrected chi connectivity index (χ1v) is 4.26. The van der Waals surface area contributed by atoms with E-state index in [1.54, 1.807) is 7.11 Å². The van der Waals surface area contributed by atoms with E-state index < -0.39 is 0 Å². The Morgan fingerprint density at radius 2 is 2.00 bits per heavy atom. The van der Waals surface area contributed by atoms with E-state index in [0.29, 0.717) is 6.54 Å². The molecule has 0 saturated heterocycles. The van der Waals surface area contributed by atoms with Gasteiger partial charge in [-0.15, -0.1) is 0 Å². The fraction of sp³-hybridized carbons (Fsp3) is 0.400. The highest BCUT2D eigenvalue weighted by Gasteiger charge is 2.02. The molecule has 0 fully saturated rings. The molecule has 0 aliphatic carbocycles. The van der Waals surface area contributed by atoms with Gasteiger partial charge >= 0.3 is 0 Å². The summed E-state index contributed by atoms with van der Waals surface area (Å²) in [5, 5.41) is 8.47. The normalized spacial score (nSPS) is 12.8. The zero-order valence-electron chi connectivity index (χ0n) is 7.95. The number of rotatable bonds is 4. The molecule has 1 aromatic carbocycles. The van der Waals surface area contributed by atoms with E-state index in [2.05, 4.69) is 5.48 Å². The fourth-order valence-electron chi connectivity index (χ4n) is 1.13. The van der Waals surface area contributed by atoms with Crippen LogP contribution in [0.15, 0.2) is 24.3 Å². The predicted octanol–water partition coefficient (Wildman–Crippen LogP) is 1.87. The van der Waals surface area contributed by atoms with Crippen LogP contribution in [0.2, 0.25) is 0 Å². The first kappa shape index (κ1) is 10.2. The Hall–Kier alpha value is -0.900. The monoisotopic (exact) mass is 181 g/mol. The minimum atomic E-state index is 0.121. The highest BCUT2D eigenvalue weighted by atomic mass is 16.5. The maximum Gasteiger partial charge on any atom is 0.0793 e. The summed E-state index contributed by atoms with van der Waals surface area (Å²) < 4.78 is 5.17. The number of methoxy groups -OCH3 is 1. The Labute approximate surface area is 78.3 Å². The van der Waals surface area contributed by atoms with Gasteiger partial charge in [-0.1, -0.05) is 24.3 Å². The molecule has 0 aliphatic heterocycles. The van der Waals surface area contributed by atoms with Crippen molar-refractivity contribution in [3.8, 4) is 0 Å². The van der Waals surface area contributed by atoms with Crippen LogP contribution in [0.5, 0.6) is 0 Å². The number of hydrogen-bond acceptors (Lipinski definition) is 3. The topological polar surface area (TPSA) is 41.5 Å². The molecule has 1 rings (SSSR count). The summed E-state index contributed by atoms with van der Waals surface area (Å²) in [6.45, 7) is 2.47. The van der Waals surface area contributed by atoms with E-state index >= 15 is 0 Å². The van der Waals surface area contributed by atoms with E-state index in [4.69, 9.17) is 9.94 Å². The Morgan fingerprint density at radius 1 is 1.38 bits per heavy atom. The first-order valence-electron chi connectivity index (χ1n) is 4.26. The maximum absolute atomic E-state index is 8.47. The molecule has 0 amide bonds. The standard InChI is InChI=1S/C10H15NO2/c1-8(13-2)10-5-3-9(4-6-10)7-11-12/h3-6,8,11-12H,7H2,1-2H3. The minimum absolute atomic E-state index is 0.121. The second-order valence-electron chi connectivity index (χ2n) is 2.95. The SMILES string of the molecule is COC(C)c1ccc(CNO)cc1. The third-order valence-electron chi connectivity index (χ3n) is 2.09. The highest BCUT2D eigenvalue weighted by molar-refractivity contribution is 5.23. The van der Waals surface area contributed by atoms with Crippen molar-refractivity contribution in [1.82, 2.24) is 5.48 Å². The molecule has 0 heterocycles. The van der Waals surface area contributed by atoms with E-state index in [-0.39, 0.29) is 6.10 Å². The van der Waals surface area contributed by atoms with Crippen LogP contribution >= 0.6 is 0 Å². The number of ether oxygens (including phenoxy) is 1. The minimum Gasteiger partial charge on any atom is -0.377 e. The first-order chi connectivity index (χ1) is 6.27. The van der Waals surface area contributed by atoms with Crippen molar-refractivity contribution in [2.24, 2.45) is 0 Å². The van der Waals surface area contributed by atoms with Crippen molar-refractivity contribution in [2.75, 3.05) is 7.11 Å². The van der Waals surface area contributed by atoms with Gasteiger partial charge in [0.05, 0.1) is 6.10 Å². The van der Waals surface area contributed by atoms with Crippen molar-refractivity contribution in [2.45, 2.75) is 19.6 Å². The molecule has 0 aliphatic rings. The summed E-state index contributed by atoms with van der Waals surface area (Å²) in [6, 6.07) is 7.93. The van der Waals surface area contributed by atoms with Gasteiger partial charge in [0.25, 0.3) is 0 Å². The molecule has 2 N–H and O–H groups in total. The average Bonchev–Trinajstić information content (AvgIpc) is 2.18. The Bertz CT molecular complexity index is 246. The molecule has 1 aromatic rings. The number of benzene rings is 1. The van der Waals surface area contributed by atoms with Crippen LogP contribution < -0.4 is 5.48 Å². The third kappa shape index (κ3) is 2.81. The lowest BCUT2D eigenvalue weighted by molar-refractivity contribution is 0.119. The molecule has 0 saturated carbocycles. The molecule has 72 valence electrons. The Balaban J connectivity index is 2.69. The van der Waals surface area contributed by atoms with Crippen LogP contribution in [-0.2, 0) is 11.3 Å². The van der Waals surface area contributed by atoms with Gasteiger partial charge in [-0.2, -0.15) is 0 Å². The lowest BCUT2D eigenvalue weighted by Crippen LogP contribution is -2.06. The number of hydroxylamine groups is 1. The fourth-order valence-corrected chi connectivity index (χ4v) is 1.13. The number of nitrogens with one attached hydrogen (secondary N) is 1. The Morgan fingerprint density at radius 3 is 2.46 bits per heavy atom. The molecule has 0 radical (unpaired) electrons. The maximum atomic E-state index is 8.47. The summed E-state index contributed by atoms with van der Waals surface area (Å²) in [5.74, 6) is 0. The van der Waals surface area contributed by atoms with Crippen LogP contribution in [0.1, 0.15) is 24.2 Å². The summed E-state index contributed by atoms with van der Waals surface area (Å²) in [4.78, 5) is 0. The molecule has 0 aromatic heterocycles. The van der Waals surface area contributed by atoms with Crippen molar-refractivity contribution in [3.63, 3.8) is 0 Å². The van der Waals surface area contributed by atoms with Gasteiger partial charge in [-0.25, -0.2) is 5.48 Å². The highest BCUT2D eigenvalue weighted by Crippen LogP contribution is 2.15. The molecule has 1 unspecified atom stereocenters. The lowest BCUT2D eigenvalue weighted by atomic mass is 10.1. The van der Waals surface area contributed by atoms with E-state index in [1.807, 2.05) is 31.2 Å². The van der Waals surface area contributed by atoms with Crippen LogP contribution in [0.25, 0.3) is 0 Å². The second kappa shape index (κ2) is 4.97. The summed E-state index contributed by atoms with van der Waals surface area (Å²) in [5.41, 5.74) is 4.31. The van der Waals surface area contributed by atoms with Crippen LogP contribution in [0.4, 0.5) is 0 Å². The summed E-state index contributed by atoms with van der Waals surface area (Å²) in [7, 11) is 1.69. The van der Waals surface area contributed by atoms with E-state index in [0.717, 1.165) is 11.1 Å². The molecular weight excluding hydrogens is 166 g/mol. The molecule has 13 heavy (non-hydrogen) atoms. The van der Waals surface area contributed by atoms with E-state index in [9.17, 15) is 0 Å². The average molecular weight is 181 g/mol. The van der Waals surface area contributed by atoms with Gasteiger partial charge < -0.3 is 9.94 Å². The van der Waals surface area contributed by atoms with Crippen molar-refractivity contribution >= 4 is 0 Å². The van der Waals surface area contributed by atoms with Gasteiger partial charge in [-0.05, 0) is 18.1 Å². The van der Waals surface area contributed by atoms with Crippen molar-refractivity contribution in [1.29, 1.82) is 0 Å². The lowest BCUT2D eigenvalue weighted by Gasteiger charge is -2.09. The molecule has 3 nitrogen and oxygen atoms in total. The van der Waals surface area contributed by atoms with Gasteiger partial charge in [0.2, 0.25) is 0 Å². The van der Waals surface area contributed by atoms with Gasteiger partial charge in [-0.3, -0.25) is 0 Å². The van der Waals surface area contributed by atoms with E-state index in [1.165, 1.54) is 0 Å². The molecular formula is C10H15NO2. The smallest absolute Gasteiger partial charge is 0.0793 e.